The molecule has 2 amide bonds. The third kappa shape index (κ3) is 4.78. The highest BCUT2D eigenvalue weighted by molar-refractivity contribution is 6.30. The van der Waals surface area contributed by atoms with Crippen molar-refractivity contribution in [2.24, 2.45) is 0 Å². The molecule has 1 aromatic heterocycles. The first-order valence-corrected chi connectivity index (χ1v) is 10.4. The van der Waals surface area contributed by atoms with Crippen molar-refractivity contribution in [1.29, 1.82) is 0 Å². The highest BCUT2D eigenvalue weighted by Gasteiger charge is 2.20. The summed E-state index contributed by atoms with van der Waals surface area (Å²) >= 11 is 5.90. The third-order valence-corrected chi connectivity index (χ3v) is 5.19. The molecular weight excluding hydrogens is 431 g/mol. The maximum Gasteiger partial charge on any atom is 0.251 e. The van der Waals surface area contributed by atoms with Crippen molar-refractivity contribution in [1.82, 2.24) is 14.9 Å². The van der Waals surface area contributed by atoms with Crippen LogP contribution < -0.4 is 10.6 Å². The summed E-state index contributed by atoms with van der Waals surface area (Å²) in [6, 6.07) is 19.2. The van der Waals surface area contributed by atoms with E-state index in [0.29, 0.717) is 27.6 Å². The van der Waals surface area contributed by atoms with Gasteiger partial charge in [0, 0.05) is 16.3 Å². The van der Waals surface area contributed by atoms with Crippen LogP contribution in [0.3, 0.4) is 0 Å². The molecule has 162 valence electrons. The second-order valence-corrected chi connectivity index (χ2v) is 7.74. The van der Waals surface area contributed by atoms with Gasteiger partial charge in [-0.1, -0.05) is 29.8 Å². The Kier molecular flexibility index (Phi) is 6.18. The molecule has 1 atom stereocenters. The maximum atomic E-state index is 13.4. The van der Waals surface area contributed by atoms with Crippen LogP contribution in [0, 0.1) is 5.82 Å². The number of benzene rings is 3. The fraction of sp³-hybridized carbons (Fsp3) is 0.125. The number of fused-ring (bicyclic) bond motifs is 1. The van der Waals surface area contributed by atoms with E-state index in [1.165, 1.54) is 18.2 Å². The first-order chi connectivity index (χ1) is 15.4. The molecule has 0 saturated heterocycles. The number of aromatic nitrogens is 2. The zero-order valence-corrected chi connectivity index (χ0v) is 17.9. The quantitative estimate of drug-likeness (QED) is 0.436. The van der Waals surface area contributed by atoms with Crippen LogP contribution >= 0.6 is 11.6 Å². The predicted molar refractivity (Wildman–Crippen MR) is 122 cm³/mol. The fourth-order valence-corrected chi connectivity index (χ4v) is 3.57. The number of para-hydroxylation sites is 2. The van der Waals surface area contributed by atoms with Crippen molar-refractivity contribution in [2.75, 3.05) is 5.32 Å². The number of carbonyl (C=O) groups is 2. The number of rotatable bonds is 6. The molecule has 0 aliphatic heterocycles. The second kappa shape index (κ2) is 9.20. The number of amides is 2. The summed E-state index contributed by atoms with van der Waals surface area (Å²) in [6.45, 7) is 1.75. The average molecular weight is 451 g/mol. The average Bonchev–Trinajstić information content (AvgIpc) is 3.12. The van der Waals surface area contributed by atoms with Gasteiger partial charge in [0.25, 0.3) is 5.91 Å². The minimum absolute atomic E-state index is 0.0481. The smallest absolute Gasteiger partial charge is 0.251 e. The van der Waals surface area contributed by atoms with Gasteiger partial charge >= 0.3 is 0 Å². The van der Waals surface area contributed by atoms with E-state index in [4.69, 9.17) is 11.6 Å². The van der Waals surface area contributed by atoms with E-state index >= 15 is 0 Å². The monoisotopic (exact) mass is 450 g/mol. The van der Waals surface area contributed by atoms with Crippen molar-refractivity contribution in [2.45, 2.75) is 19.5 Å². The fourth-order valence-electron chi connectivity index (χ4n) is 3.45. The molecule has 6 nitrogen and oxygen atoms in total. The molecule has 0 aliphatic rings. The second-order valence-electron chi connectivity index (χ2n) is 7.31. The lowest BCUT2D eigenvalue weighted by Gasteiger charge is -2.16. The molecule has 32 heavy (non-hydrogen) atoms. The molecule has 4 rings (SSSR count). The van der Waals surface area contributed by atoms with Crippen molar-refractivity contribution in [3.8, 4) is 0 Å². The summed E-state index contributed by atoms with van der Waals surface area (Å²) < 4.78 is 15.2. The van der Waals surface area contributed by atoms with Crippen LogP contribution in [0.5, 0.6) is 0 Å². The van der Waals surface area contributed by atoms with Crippen molar-refractivity contribution >= 4 is 40.1 Å². The first kappa shape index (κ1) is 21.5. The Balaban J connectivity index is 1.58. The molecule has 0 radical (unpaired) electrons. The Bertz CT molecular complexity index is 1290. The van der Waals surface area contributed by atoms with Crippen molar-refractivity contribution in [3.63, 3.8) is 0 Å². The standard InChI is InChI=1S/C24H20ClFN4O2/c1-15(27-24(32)16-9-11-17(25)12-10-16)23-29-20-7-2-3-8-21(20)30(23)14-22(31)28-19-6-4-5-18(26)13-19/h2-13,15H,14H2,1H3,(H,27,32)(H,28,31). The van der Waals surface area contributed by atoms with Gasteiger partial charge in [-0.3, -0.25) is 9.59 Å². The summed E-state index contributed by atoms with van der Waals surface area (Å²) in [5.74, 6) is -0.522. The van der Waals surface area contributed by atoms with Crippen molar-refractivity contribution in [3.05, 3.63) is 95.0 Å². The molecule has 0 bridgehead atoms. The Morgan fingerprint density at radius 2 is 1.81 bits per heavy atom. The van der Waals surface area contributed by atoms with E-state index in [0.717, 1.165) is 5.52 Å². The normalized spacial score (nSPS) is 11.8. The van der Waals surface area contributed by atoms with Gasteiger partial charge in [-0.15, -0.1) is 0 Å². The number of hydrogen-bond acceptors (Lipinski definition) is 3. The summed E-state index contributed by atoms with van der Waals surface area (Å²) in [4.78, 5) is 30.0. The zero-order valence-electron chi connectivity index (χ0n) is 17.2. The van der Waals surface area contributed by atoms with Gasteiger partial charge in [-0.05, 0) is 61.5 Å². The highest BCUT2D eigenvalue weighted by atomic mass is 35.5. The van der Waals surface area contributed by atoms with Crippen molar-refractivity contribution < 1.29 is 14.0 Å². The number of nitrogens with zero attached hydrogens (tertiary/aromatic N) is 2. The van der Waals surface area contributed by atoms with Gasteiger partial charge in [0.1, 0.15) is 18.2 Å². The van der Waals surface area contributed by atoms with E-state index in [2.05, 4.69) is 15.6 Å². The largest absolute Gasteiger partial charge is 0.342 e. The van der Waals surface area contributed by atoms with Crippen LogP contribution in [0.4, 0.5) is 10.1 Å². The lowest BCUT2D eigenvalue weighted by molar-refractivity contribution is -0.116. The lowest BCUT2D eigenvalue weighted by Crippen LogP contribution is -2.30. The molecule has 0 saturated carbocycles. The van der Waals surface area contributed by atoms with Gasteiger partial charge in [-0.25, -0.2) is 9.37 Å². The molecule has 1 heterocycles. The molecule has 2 N–H and O–H groups in total. The predicted octanol–water partition coefficient (Wildman–Crippen LogP) is 4.96. The van der Waals surface area contributed by atoms with Crippen LogP contribution in [0.1, 0.15) is 29.1 Å². The van der Waals surface area contributed by atoms with Crippen LogP contribution in [-0.2, 0) is 11.3 Å². The van der Waals surface area contributed by atoms with Gasteiger partial charge in [0.2, 0.25) is 5.91 Å². The summed E-state index contributed by atoms with van der Waals surface area (Å²) in [6.07, 6.45) is 0. The van der Waals surface area contributed by atoms with E-state index in [-0.39, 0.29) is 18.4 Å². The minimum Gasteiger partial charge on any atom is -0.342 e. The number of hydrogen-bond donors (Lipinski definition) is 2. The van der Waals surface area contributed by atoms with E-state index in [1.54, 1.807) is 41.8 Å². The molecule has 3 aromatic carbocycles. The molecular formula is C24H20ClFN4O2. The molecule has 0 fully saturated rings. The summed E-state index contributed by atoms with van der Waals surface area (Å²) in [5.41, 5.74) is 2.29. The summed E-state index contributed by atoms with van der Waals surface area (Å²) in [7, 11) is 0. The van der Waals surface area contributed by atoms with Gasteiger partial charge in [0.15, 0.2) is 0 Å². The first-order valence-electron chi connectivity index (χ1n) is 9.98. The van der Waals surface area contributed by atoms with Gasteiger partial charge in [0.05, 0.1) is 17.1 Å². The Hall–Kier alpha value is -3.71. The van der Waals surface area contributed by atoms with Crippen LogP contribution in [0.15, 0.2) is 72.8 Å². The zero-order chi connectivity index (χ0) is 22.7. The number of carbonyl (C=O) groups excluding carboxylic acids is 2. The van der Waals surface area contributed by atoms with E-state index < -0.39 is 11.9 Å². The van der Waals surface area contributed by atoms with Gasteiger partial charge < -0.3 is 15.2 Å². The number of anilines is 1. The van der Waals surface area contributed by atoms with Crippen LogP contribution in [0.25, 0.3) is 11.0 Å². The maximum absolute atomic E-state index is 13.4. The van der Waals surface area contributed by atoms with E-state index in [1.807, 2.05) is 24.3 Å². The Labute approximate surface area is 189 Å². The number of nitrogens with one attached hydrogen (secondary N) is 2. The topological polar surface area (TPSA) is 76.0 Å². The van der Waals surface area contributed by atoms with Crippen LogP contribution in [-0.4, -0.2) is 21.4 Å². The molecule has 4 aromatic rings. The Morgan fingerprint density at radius 1 is 1.06 bits per heavy atom. The number of halogens is 2. The minimum atomic E-state index is -0.479. The Morgan fingerprint density at radius 3 is 2.56 bits per heavy atom. The summed E-state index contributed by atoms with van der Waals surface area (Å²) in [5, 5.41) is 6.16. The highest BCUT2D eigenvalue weighted by Crippen LogP contribution is 2.22. The molecule has 0 aliphatic carbocycles. The van der Waals surface area contributed by atoms with E-state index in [9.17, 15) is 14.0 Å². The van der Waals surface area contributed by atoms with Crippen LogP contribution in [0.2, 0.25) is 5.02 Å². The van der Waals surface area contributed by atoms with Gasteiger partial charge in [-0.2, -0.15) is 0 Å². The lowest BCUT2D eigenvalue weighted by atomic mass is 10.2. The SMILES string of the molecule is CC(NC(=O)c1ccc(Cl)cc1)c1nc2ccccc2n1CC(=O)Nc1cccc(F)c1. The molecule has 1 unspecified atom stereocenters. The molecule has 0 spiro atoms. The number of imidazole rings is 1. The third-order valence-electron chi connectivity index (χ3n) is 4.94. The molecule has 8 heteroatoms.